The summed E-state index contributed by atoms with van der Waals surface area (Å²) in [6.45, 7) is 0. The van der Waals surface area contributed by atoms with E-state index in [-0.39, 0.29) is 16.7 Å². The molecule has 0 saturated carbocycles. The number of hydrogen-bond donors (Lipinski definition) is 0. The Morgan fingerprint density at radius 3 is 1.95 bits per heavy atom. The molecule has 0 aromatic heterocycles. The number of rotatable bonds is 0. The molecule has 1 aliphatic rings. The van der Waals surface area contributed by atoms with Crippen LogP contribution < -0.4 is 0 Å². The number of hydrogen-bond acceptors (Lipinski definition) is 4. The molecule has 20 heavy (non-hydrogen) atoms. The highest BCUT2D eigenvalue weighted by atomic mass is 16.2. The maximum absolute atomic E-state index is 12.0. The predicted octanol–water partition coefficient (Wildman–Crippen LogP) is 2.41. The van der Waals surface area contributed by atoms with E-state index in [0.29, 0.717) is 5.56 Å². The van der Waals surface area contributed by atoms with Crippen LogP contribution in [0.3, 0.4) is 0 Å². The summed E-state index contributed by atoms with van der Waals surface area (Å²) in [5.41, 5.74) is 0.224. The van der Waals surface area contributed by atoms with E-state index in [4.69, 9.17) is 10.5 Å². The number of fused-ring (bicyclic) bond motifs is 2. The Labute approximate surface area is 114 Å². The van der Waals surface area contributed by atoms with Gasteiger partial charge in [-0.15, -0.1) is 0 Å². The third-order valence-corrected chi connectivity index (χ3v) is 3.31. The fourth-order valence-corrected chi connectivity index (χ4v) is 2.38. The zero-order valence-corrected chi connectivity index (χ0v) is 10.2. The van der Waals surface area contributed by atoms with E-state index >= 15 is 0 Å². The Hall–Kier alpha value is -3.24. The molecule has 0 amide bonds. The quantitative estimate of drug-likeness (QED) is 0.412. The molecule has 92 valence electrons. The molecule has 0 heterocycles. The zero-order chi connectivity index (χ0) is 14.3. The van der Waals surface area contributed by atoms with E-state index in [1.54, 1.807) is 24.3 Å². The first-order valence-corrected chi connectivity index (χ1v) is 5.84. The van der Waals surface area contributed by atoms with Gasteiger partial charge >= 0.3 is 0 Å². The summed E-state index contributed by atoms with van der Waals surface area (Å²) in [5.74, 6) is -1.45. The summed E-state index contributed by atoms with van der Waals surface area (Å²) in [5, 5.41) is 19.6. The van der Waals surface area contributed by atoms with Gasteiger partial charge in [-0.2, -0.15) is 10.5 Å². The molecule has 1 aliphatic carbocycles. The van der Waals surface area contributed by atoms with Crippen LogP contribution in [0.1, 0.15) is 15.9 Å². The predicted molar refractivity (Wildman–Crippen MR) is 71.4 cm³/mol. The van der Waals surface area contributed by atoms with Gasteiger partial charge in [-0.1, -0.05) is 24.3 Å². The fraction of sp³-hybridized carbons (Fsp3) is 0. The lowest BCUT2D eigenvalue weighted by Crippen LogP contribution is -2.06. The van der Waals surface area contributed by atoms with Crippen LogP contribution in [0, 0.1) is 22.7 Å². The van der Waals surface area contributed by atoms with Gasteiger partial charge in [0.25, 0.3) is 0 Å². The largest absolute Gasteiger partial charge is 0.285 e. The van der Waals surface area contributed by atoms with Crippen molar-refractivity contribution in [3.05, 3.63) is 53.1 Å². The molecule has 0 N–H and O–H groups in total. The first-order valence-electron chi connectivity index (χ1n) is 5.84. The average molecular weight is 258 g/mol. The first kappa shape index (κ1) is 11.8. The number of Topliss-reactive ketones (excluding diaryl/α,β-unsaturated/α-hetero) is 2. The van der Waals surface area contributed by atoms with Crippen LogP contribution in [0.15, 0.2) is 42.0 Å². The monoisotopic (exact) mass is 258 g/mol. The van der Waals surface area contributed by atoms with Crippen molar-refractivity contribution in [2.75, 3.05) is 0 Å². The first-order chi connectivity index (χ1) is 9.67. The number of nitrogens with zero attached hydrogens (tertiary/aromatic N) is 2. The molecule has 2 aromatic rings. The molecule has 0 saturated heterocycles. The van der Waals surface area contributed by atoms with Gasteiger partial charge in [-0.25, -0.2) is 0 Å². The third-order valence-electron chi connectivity index (χ3n) is 3.31. The van der Waals surface area contributed by atoms with Gasteiger partial charge < -0.3 is 0 Å². The van der Waals surface area contributed by atoms with E-state index in [0.717, 1.165) is 10.8 Å². The van der Waals surface area contributed by atoms with Crippen molar-refractivity contribution in [1.29, 1.82) is 10.5 Å². The number of benzene rings is 2. The molecular weight excluding hydrogens is 252 g/mol. The fourth-order valence-electron chi connectivity index (χ4n) is 2.38. The molecule has 0 bridgehead atoms. The summed E-state index contributed by atoms with van der Waals surface area (Å²) in [4.78, 5) is 24.0. The summed E-state index contributed by atoms with van der Waals surface area (Å²) >= 11 is 0. The van der Waals surface area contributed by atoms with Crippen molar-refractivity contribution < 1.29 is 9.59 Å². The topological polar surface area (TPSA) is 81.7 Å². The third kappa shape index (κ3) is 1.46. The van der Waals surface area contributed by atoms with Gasteiger partial charge in [0.05, 0.1) is 5.57 Å². The molecule has 0 radical (unpaired) electrons. The minimum absolute atomic E-state index is 0.0826. The minimum Gasteiger partial charge on any atom is -0.285 e. The molecular formula is C16H6N2O2. The minimum atomic E-state index is -0.784. The second kappa shape index (κ2) is 4.15. The Morgan fingerprint density at radius 1 is 0.850 bits per heavy atom. The van der Waals surface area contributed by atoms with Crippen LogP contribution in [0.4, 0.5) is 0 Å². The number of nitriles is 2. The molecule has 0 spiro atoms. The molecule has 0 aliphatic heterocycles. The van der Waals surface area contributed by atoms with Gasteiger partial charge in [0.15, 0.2) is 0 Å². The van der Waals surface area contributed by atoms with Crippen LogP contribution in [-0.2, 0) is 4.79 Å². The maximum atomic E-state index is 12.0. The Kier molecular flexibility index (Phi) is 2.45. The highest BCUT2D eigenvalue weighted by molar-refractivity contribution is 6.63. The van der Waals surface area contributed by atoms with Crippen molar-refractivity contribution in [2.24, 2.45) is 0 Å². The Balaban J connectivity index is 2.44. The summed E-state index contributed by atoms with van der Waals surface area (Å²) in [6.07, 6.45) is 0. The van der Waals surface area contributed by atoms with Crippen LogP contribution in [0.2, 0.25) is 0 Å². The van der Waals surface area contributed by atoms with Gasteiger partial charge in [-0.05, 0) is 28.5 Å². The molecule has 4 nitrogen and oxygen atoms in total. The molecule has 2 aromatic carbocycles. The number of carbonyl (C=O) groups excluding carboxylic acids is 2. The molecule has 4 heteroatoms. The number of ketones is 2. The van der Waals surface area contributed by atoms with E-state index in [1.165, 1.54) is 0 Å². The van der Waals surface area contributed by atoms with Gasteiger partial charge in [0.1, 0.15) is 17.7 Å². The average Bonchev–Trinajstić information content (AvgIpc) is 2.71. The van der Waals surface area contributed by atoms with E-state index in [9.17, 15) is 9.59 Å². The van der Waals surface area contributed by atoms with Gasteiger partial charge in [0, 0.05) is 5.56 Å². The zero-order valence-electron chi connectivity index (χ0n) is 10.2. The smallest absolute Gasteiger partial charge is 0.236 e. The molecule has 0 fully saturated rings. The highest BCUT2D eigenvalue weighted by Gasteiger charge is 2.36. The summed E-state index contributed by atoms with van der Waals surface area (Å²) in [6, 6.07) is 14.0. The second-order valence-electron chi connectivity index (χ2n) is 4.38. The highest BCUT2D eigenvalue weighted by Crippen LogP contribution is 2.34. The van der Waals surface area contributed by atoms with Crippen LogP contribution in [0.5, 0.6) is 0 Å². The van der Waals surface area contributed by atoms with E-state index in [2.05, 4.69) is 0 Å². The van der Waals surface area contributed by atoms with Crippen molar-refractivity contribution >= 4 is 27.9 Å². The Morgan fingerprint density at radius 2 is 1.40 bits per heavy atom. The standard InChI is InChI=1S/C16H6N2O2/c17-7-11(8-18)14-12-5-9-3-1-2-4-10(9)6-13(12)15(19)16(14)20/h1-6H. The lowest BCUT2D eigenvalue weighted by atomic mass is 9.99. The SMILES string of the molecule is N#CC(C#N)=C1C(=O)C(=O)c2cc3ccccc3cc21. The summed E-state index contributed by atoms with van der Waals surface area (Å²) in [7, 11) is 0. The van der Waals surface area contributed by atoms with E-state index in [1.807, 2.05) is 24.3 Å². The second-order valence-corrected chi connectivity index (χ2v) is 4.38. The van der Waals surface area contributed by atoms with Gasteiger partial charge in [-0.3, -0.25) is 9.59 Å². The molecule has 3 rings (SSSR count). The molecule has 0 atom stereocenters. The van der Waals surface area contributed by atoms with E-state index < -0.39 is 11.6 Å². The van der Waals surface area contributed by atoms with Gasteiger partial charge in [0.2, 0.25) is 11.6 Å². The van der Waals surface area contributed by atoms with Crippen molar-refractivity contribution in [1.82, 2.24) is 0 Å². The normalized spacial score (nSPS) is 13.0. The van der Waals surface area contributed by atoms with Crippen LogP contribution in [-0.4, -0.2) is 11.6 Å². The molecule has 0 unspecified atom stereocenters. The maximum Gasteiger partial charge on any atom is 0.236 e. The Bertz CT molecular complexity index is 892. The lowest BCUT2D eigenvalue weighted by molar-refractivity contribution is -0.109. The number of allylic oxidation sites excluding steroid dienone is 2. The van der Waals surface area contributed by atoms with Crippen LogP contribution >= 0.6 is 0 Å². The van der Waals surface area contributed by atoms with Crippen molar-refractivity contribution in [2.45, 2.75) is 0 Å². The number of carbonyl (C=O) groups is 2. The lowest BCUT2D eigenvalue weighted by Gasteiger charge is -2.02. The van der Waals surface area contributed by atoms with Crippen LogP contribution in [0.25, 0.3) is 16.3 Å². The summed E-state index contributed by atoms with van der Waals surface area (Å²) < 4.78 is 0. The van der Waals surface area contributed by atoms with Crippen molar-refractivity contribution in [3.63, 3.8) is 0 Å². The van der Waals surface area contributed by atoms with Crippen molar-refractivity contribution in [3.8, 4) is 12.1 Å².